The summed E-state index contributed by atoms with van der Waals surface area (Å²) in [4.78, 5) is 0. The van der Waals surface area contributed by atoms with Crippen molar-refractivity contribution in [3.63, 3.8) is 0 Å². The maximum absolute atomic E-state index is 7.09. The van der Waals surface area contributed by atoms with E-state index in [-0.39, 0.29) is 11.0 Å². The first-order valence-electron chi connectivity index (χ1n) is 0.298. The van der Waals surface area contributed by atoms with Gasteiger partial charge in [0.25, 0.3) is 0 Å². The Morgan fingerprint density at radius 2 is 1.00 bits per heavy atom. The summed E-state index contributed by atoms with van der Waals surface area (Å²) in [5.74, 6) is 0. The Morgan fingerprint density at radius 3 is 1.00 bits per heavy atom. The van der Waals surface area contributed by atoms with Gasteiger partial charge in [-0.25, -0.2) is 0 Å². The van der Waals surface area contributed by atoms with Crippen molar-refractivity contribution in [2.75, 3.05) is 0 Å². The third kappa shape index (κ3) is 199. The van der Waals surface area contributed by atoms with Gasteiger partial charge >= 0.3 is 23.8 Å². The Hall–Kier alpha value is 0.346. The van der Waals surface area contributed by atoms with E-state index in [1.54, 1.807) is 0 Å². The van der Waals surface area contributed by atoms with E-state index in [4.69, 9.17) is 8.44 Å². The van der Waals surface area contributed by atoms with Crippen LogP contribution < -0.4 is 0 Å². The van der Waals surface area contributed by atoms with Crippen molar-refractivity contribution < 1.29 is 34.7 Å². The minimum absolute atomic E-state index is 0. The van der Waals surface area contributed by atoms with E-state index >= 15 is 0 Å². The summed E-state index contributed by atoms with van der Waals surface area (Å²) in [5.41, 5.74) is 0. The van der Waals surface area contributed by atoms with E-state index < -0.39 is 15.3 Å². The van der Waals surface area contributed by atoms with Gasteiger partial charge in [-0.2, -0.15) is 0 Å². The second-order valence-electron chi connectivity index (χ2n) is 0.0667. The van der Waals surface area contributed by atoms with Crippen molar-refractivity contribution in [2.24, 2.45) is 0 Å². The van der Waals surface area contributed by atoms with Crippen LogP contribution in [0.1, 0.15) is 0 Å². The van der Waals surface area contributed by atoms with Crippen LogP contribution >= 0.6 is 0 Å². The molecular formula is H6CoO4. The van der Waals surface area contributed by atoms with E-state index in [9.17, 15) is 0 Å². The Morgan fingerprint density at radius 1 is 1.00 bits per heavy atom. The molecule has 0 saturated carbocycles. The molecule has 0 heterocycles. The molecule has 0 amide bonds. The second-order valence-corrected chi connectivity index (χ2v) is 0.275. The monoisotopic (exact) mass is 129 g/mol. The Balaban J connectivity index is -0.0000000200. The van der Waals surface area contributed by atoms with Crippen LogP contribution in [0.5, 0.6) is 0 Å². The first-order chi connectivity index (χ1) is 1.41. The molecule has 0 aromatic heterocycles. The number of rotatable bonds is 0. The standard InChI is InChI=1S/Co.4H2O/h;4*1H2/q+2;;;;/p-2. The third-order valence-corrected chi connectivity index (χ3v) is 0. The molecule has 0 unspecified atom stereocenters. The van der Waals surface area contributed by atoms with E-state index in [2.05, 4.69) is 0 Å². The summed E-state index contributed by atoms with van der Waals surface area (Å²) in [6.45, 7) is 0. The first-order valence-corrected chi connectivity index (χ1v) is 1.23. The van der Waals surface area contributed by atoms with Crippen molar-refractivity contribution >= 4 is 0 Å². The number of hydrogen-bond acceptors (Lipinski definition) is 2. The zero-order valence-electron chi connectivity index (χ0n) is 2.23. The topological polar surface area (TPSA) is 103 Å². The molecule has 0 aliphatic heterocycles. The second kappa shape index (κ2) is 26.8. The van der Waals surface area contributed by atoms with Crippen molar-refractivity contribution in [1.29, 1.82) is 0 Å². The molecule has 0 aromatic carbocycles. The Bertz CT molecular complexity index is 3.61. The maximum atomic E-state index is 7.09. The van der Waals surface area contributed by atoms with Crippen LogP contribution in [0.3, 0.4) is 0 Å². The van der Waals surface area contributed by atoms with Gasteiger partial charge in [0.15, 0.2) is 0 Å². The van der Waals surface area contributed by atoms with Crippen LogP contribution in [-0.2, 0) is 15.3 Å². The number of hydrogen-bond donors (Lipinski definition) is 2. The van der Waals surface area contributed by atoms with Crippen LogP contribution in [0.25, 0.3) is 0 Å². The van der Waals surface area contributed by atoms with Gasteiger partial charge < -0.3 is 11.0 Å². The molecule has 5 heteroatoms. The van der Waals surface area contributed by atoms with E-state index in [0.717, 1.165) is 0 Å². The molecule has 0 spiro atoms. The van der Waals surface area contributed by atoms with Crippen molar-refractivity contribution in [1.82, 2.24) is 0 Å². The molecule has 39 valence electrons. The van der Waals surface area contributed by atoms with Gasteiger partial charge in [-0.15, -0.1) is 0 Å². The predicted molar refractivity (Wildman–Crippen MR) is 11.7 cm³/mol. The molecule has 0 saturated heterocycles. The molecule has 0 aromatic rings. The fourth-order valence-electron chi connectivity index (χ4n) is 0. The molecule has 0 fully saturated rings. The molecular weight excluding hydrogens is 123 g/mol. The van der Waals surface area contributed by atoms with Gasteiger partial charge in [-0.3, -0.25) is 0 Å². The molecule has 0 radical (unpaired) electrons. The molecule has 0 bridgehead atoms. The fraction of sp³-hybridized carbons (Fsp3) is 0. The van der Waals surface area contributed by atoms with Crippen molar-refractivity contribution in [3.8, 4) is 0 Å². The summed E-state index contributed by atoms with van der Waals surface area (Å²) in [5, 5.41) is 0. The summed E-state index contributed by atoms with van der Waals surface area (Å²) < 4.78 is 14.2. The van der Waals surface area contributed by atoms with Gasteiger partial charge in [-0.1, -0.05) is 0 Å². The zero-order valence-corrected chi connectivity index (χ0v) is 3.27. The van der Waals surface area contributed by atoms with Gasteiger partial charge in [0, 0.05) is 0 Å². The Labute approximate surface area is 35.7 Å². The summed E-state index contributed by atoms with van der Waals surface area (Å²) >= 11 is -0.562. The molecule has 6 N–H and O–H groups in total. The van der Waals surface area contributed by atoms with E-state index in [0.29, 0.717) is 0 Å². The van der Waals surface area contributed by atoms with Crippen molar-refractivity contribution in [2.45, 2.75) is 0 Å². The van der Waals surface area contributed by atoms with E-state index in [1.165, 1.54) is 0 Å². The van der Waals surface area contributed by atoms with Crippen molar-refractivity contribution in [3.05, 3.63) is 0 Å². The molecule has 0 aliphatic rings. The van der Waals surface area contributed by atoms with E-state index in [1.807, 2.05) is 0 Å². The zero-order chi connectivity index (χ0) is 2.71. The summed E-state index contributed by atoms with van der Waals surface area (Å²) in [7, 11) is 0. The molecule has 4 nitrogen and oxygen atoms in total. The minimum atomic E-state index is -0.562. The molecule has 5 heavy (non-hydrogen) atoms. The summed E-state index contributed by atoms with van der Waals surface area (Å²) in [6, 6.07) is 0. The summed E-state index contributed by atoms with van der Waals surface area (Å²) in [6.07, 6.45) is 0. The predicted octanol–water partition coefficient (Wildman–Crippen LogP) is -2.77. The van der Waals surface area contributed by atoms with Crippen LogP contribution in [0, 0.1) is 0 Å². The van der Waals surface area contributed by atoms with Crippen LogP contribution in [0.2, 0.25) is 0 Å². The average Bonchev–Trinajstić information content (AvgIpc) is 0.918. The van der Waals surface area contributed by atoms with Gasteiger partial charge in [0.2, 0.25) is 0 Å². The molecule has 0 atom stereocenters. The van der Waals surface area contributed by atoms with Crippen LogP contribution in [0.4, 0.5) is 0 Å². The average molecular weight is 129 g/mol. The fourth-order valence-corrected chi connectivity index (χ4v) is 0. The third-order valence-electron chi connectivity index (χ3n) is 0. The van der Waals surface area contributed by atoms with Gasteiger partial charge in [0.1, 0.15) is 0 Å². The van der Waals surface area contributed by atoms with Crippen LogP contribution in [-0.4, -0.2) is 19.4 Å². The molecule has 0 rings (SSSR count). The quantitative estimate of drug-likeness (QED) is 0.369. The Kier molecular flexibility index (Phi) is 98.5. The molecule has 0 aliphatic carbocycles. The van der Waals surface area contributed by atoms with Gasteiger partial charge in [-0.05, 0) is 0 Å². The normalized spacial score (nSPS) is 4.40. The first kappa shape index (κ1) is 18.3. The van der Waals surface area contributed by atoms with Crippen LogP contribution in [0.15, 0.2) is 0 Å². The van der Waals surface area contributed by atoms with Gasteiger partial charge in [0.05, 0.1) is 0 Å². The SMILES string of the molecule is O.O.[OH][Co][OH].